The number of amides is 1. The molecule has 0 aliphatic carbocycles. The van der Waals surface area contributed by atoms with Crippen molar-refractivity contribution < 1.29 is 19.1 Å². The molecule has 0 heterocycles. The Morgan fingerprint density at radius 1 is 1.40 bits per heavy atom. The monoisotopic (exact) mass is 282 g/mol. The first-order chi connectivity index (χ1) is 9.35. The fourth-order valence-electron chi connectivity index (χ4n) is 1.59. The molecule has 0 radical (unpaired) electrons. The second-order valence-electron chi connectivity index (χ2n) is 4.75. The molecule has 1 aromatic rings. The van der Waals surface area contributed by atoms with E-state index in [1.807, 2.05) is 13.8 Å². The number of oxime groups is 1. The molecule has 1 rings (SSSR count). The number of nitrogens with one attached hydrogen (secondary N) is 1. The average Bonchev–Trinajstić information content (AvgIpc) is 2.37. The van der Waals surface area contributed by atoms with Crippen LogP contribution in [0.3, 0.4) is 0 Å². The predicted molar refractivity (Wildman–Crippen MR) is 73.8 cm³/mol. The van der Waals surface area contributed by atoms with Crippen LogP contribution in [-0.2, 0) is 4.79 Å². The highest BCUT2D eigenvalue weighted by Crippen LogP contribution is 2.22. The van der Waals surface area contributed by atoms with E-state index in [0.29, 0.717) is 5.56 Å². The highest BCUT2D eigenvalue weighted by Gasteiger charge is 2.18. The van der Waals surface area contributed by atoms with E-state index in [1.165, 1.54) is 12.1 Å². The number of nitrogens with zero attached hydrogens (tertiary/aromatic N) is 1. The van der Waals surface area contributed by atoms with Crippen LogP contribution in [0.4, 0.5) is 4.39 Å². The predicted octanol–water partition coefficient (Wildman–Crippen LogP) is 2.32. The van der Waals surface area contributed by atoms with E-state index in [2.05, 4.69) is 10.5 Å². The molecule has 0 saturated carbocycles. The van der Waals surface area contributed by atoms with Gasteiger partial charge in [0.25, 0.3) is 5.91 Å². The van der Waals surface area contributed by atoms with Gasteiger partial charge in [-0.2, -0.15) is 0 Å². The molecule has 1 amide bonds. The quantitative estimate of drug-likeness (QED) is 0.494. The maximum atomic E-state index is 13.3. The Balaban J connectivity index is 2.96. The summed E-state index contributed by atoms with van der Waals surface area (Å²) in [5, 5.41) is 14.6. The van der Waals surface area contributed by atoms with Crippen LogP contribution < -0.4 is 10.1 Å². The largest absolute Gasteiger partial charge is 0.480 e. The zero-order valence-electron chi connectivity index (χ0n) is 12.0. The van der Waals surface area contributed by atoms with Gasteiger partial charge in [-0.1, -0.05) is 5.16 Å². The third-order valence-electron chi connectivity index (χ3n) is 2.59. The van der Waals surface area contributed by atoms with Gasteiger partial charge in [-0.05, 0) is 39.8 Å². The van der Waals surface area contributed by atoms with Gasteiger partial charge in [-0.3, -0.25) is 4.79 Å². The number of hydrogen-bond donors (Lipinski definition) is 2. The molecule has 110 valence electrons. The maximum Gasteiger partial charge on any atom is 0.260 e. The Morgan fingerprint density at radius 3 is 2.60 bits per heavy atom. The second-order valence-corrected chi connectivity index (χ2v) is 4.75. The SMILES string of the molecule is CC(=NO)c1ccc(F)cc1OC(C)C(=O)NC(C)C. The maximum absolute atomic E-state index is 13.3. The lowest BCUT2D eigenvalue weighted by molar-refractivity contribution is -0.127. The Labute approximate surface area is 117 Å². The van der Waals surface area contributed by atoms with Crippen LogP contribution >= 0.6 is 0 Å². The van der Waals surface area contributed by atoms with E-state index in [4.69, 9.17) is 9.94 Å². The van der Waals surface area contributed by atoms with Crippen molar-refractivity contribution in [3.05, 3.63) is 29.6 Å². The van der Waals surface area contributed by atoms with E-state index in [-0.39, 0.29) is 23.4 Å². The summed E-state index contributed by atoms with van der Waals surface area (Å²) in [6.45, 7) is 6.79. The summed E-state index contributed by atoms with van der Waals surface area (Å²) in [6.07, 6.45) is -0.788. The van der Waals surface area contributed by atoms with Crippen molar-refractivity contribution in [2.24, 2.45) is 5.16 Å². The van der Waals surface area contributed by atoms with Gasteiger partial charge in [0.15, 0.2) is 6.10 Å². The van der Waals surface area contributed by atoms with Crippen LogP contribution in [0.2, 0.25) is 0 Å². The molecule has 0 saturated heterocycles. The van der Waals surface area contributed by atoms with E-state index in [9.17, 15) is 9.18 Å². The van der Waals surface area contributed by atoms with Crippen LogP contribution in [0.25, 0.3) is 0 Å². The molecule has 20 heavy (non-hydrogen) atoms. The minimum Gasteiger partial charge on any atom is -0.480 e. The number of halogens is 1. The highest BCUT2D eigenvalue weighted by molar-refractivity contribution is 6.00. The summed E-state index contributed by atoms with van der Waals surface area (Å²) < 4.78 is 18.8. The number of benzene rings is 1. The molecule has 6 heteroatoms. The summed E-state index contributed by atoms with van der Waals surface area (Å²) in [6, 6.07) is 3.81. The molecule has 1 atom stereocenters. The van der Waals surface area contributed by atoms with Gasteiger partial charge in [-0.15, -0.1) is 0 Å². The lowest BCUT2D eigenvalue weighted by Gasteiger charge is -2.18. The Morgan fingerprint density at radius 2 is 2.05 bits per heavy atom. The smallest absolute Gasteiger partial charge is 0.260 e. The lowest BCUT2D eigenvalue weighted by Crippen LogP contribution is -2.40. The number of carbonyl (C=O) groups is 1. The summed E-state index contributed by atoms with van der Waals surface area (Å²) in [5.74, 6) is -0.633. The van der Waals surface area contributed by atoms with Gasteiger partial charge < -0.3 is 15.3 Å². The molecule has 0 aliphatic rings. The van der Waals surface area contributed by atoms with Crippen LogP contribution in [0.1, 0.15) is 33.3 Å². The molecule has 0 spiro atoms. The van der Waals surface area contributed by atoms with Crippen LogP contribution in [0.5, 0.6) is 5.75 Å². The number of ether oxygens (including phenoxy) is 1. The van der Waals surface area contributed by atoms with Gasteiger partial charge in [0, 0.05) is 17.7 Å². The third-order valence-corrected chi connectivity index (χ3v) is 2.59. The topological polar surface area (TPSA) is 70.9 Å². The van der Waals surface area contributed by atoms with E-state index < -0.39 is 11.9 Å². The number of carbonyl (C=O) groups excluding carboxylic acids is 1. The molecular weight excluding hydrogens is 263 g/mol. The molecule has 1 unspecified atom stereocenters. The molecule has 0 aromatic heterocycles. The minimum absolute atomic E-state index is 0.0127. The Kier molecular flexibility index (Phi) is 5.49. The first-order valence-electron chi connectivity index (χ1n) is 6.30. The summed E-state index contributed by atoms with van der Waals surface area (Å²) in [7, 11) is 0. The van der Waals surface area contributed by atoms with Crippen LogP contribution in [0, 0.1) is 5.82 Å². The van der Waals surface area contributed by atoms with Crippen molar-refractivity contribution in [1.29, 1.82) is 0 Å². The van der Waals surface area contributed by atoms with Gasteiger partial charge in [0.1, 0.15) is 11.6 Å². The van der Waals surface area contributed by atoms with Crippen LogP contribution in [0.15, 0.2) is 23.4 Å². The molecule has 5 nitrogen and oxygen atoms in total. The van der Waals surface area contributed by atoms with E-state index in [1.54, 1.807) is 13.8 Å². The average molecular weight is 282 g/mol. The standard InChI is InChI=1S/C14H19FN2O3/c1-8(2)16-14(18)10(4)20-13-7-11(15)5-6-12(13)9(3)17-19/h5-8,10,19H,1-4H3,(H,16,18). The van der Waals surface area contributed by atoms with Gasteiger partial charge in [-0.25, -0.2) is 4.39 Å². The Bertz CT molecular complexity index is 515. The van der Waals surface area contributed by atoms with E-state index in [0.717, 1.165) is 6.07 Å². The zero-order valence-corrected chi connectivity index (χ0v) is 12.0. The van der Waals surface area contributed by atoms with Gasteiger partial charge in [0.05, 0.1) is 5.71 Å². The molecule has 0 aliphatic heterocycles. The summed E-state index contributed by atoms with van der Waals surface area (Å²) >= 11 is 0. The third kappa shape index (κ3) is 4.22. The zero-order chi connectivity index (χ0) is 15.3. The first-order valence-corrected chi connectivity index (χ1v) is 6.30. The fourth-order valence-corrected chi connectivity index (χ4v) is 1.59. The molecule has 0 fully saturated rings. The number of hydrogen-bond acceptors (Lipinski definition) is 4. The number of rotatable bonds is 5. The van der Waals surface area contributed by atoms with Gasteiger partial charge >= 0.3 is 0 Å². The lowest BCUT2D eigenvalue weighted by atomic mass is 10.1. The van der Waals surface area contributed by atoms with Crippen molar-refractivity contribution in [3.8, 4) is 5.75 Å². The molecule has 2 N–H and O–H groups in total. The van der Waals surface area contributed by atoms with Crippen molar-refractivity contribution >= 4 is 11.6 Å². The summed E-state index contributed by atoms with van der Waals surface area (Å²) in [5.41, 5.74) is 0.703. The van der Waals surface area contributed by atoms with Crippen molar-refractivity contribution in [2.75, 3.05) is 0 Å². The van der Waals surface area contributed by atoms with Crippen molar-refractivity contribution in [2.45, 2.75) is 39.8 Å². The fraction of sp³-hybridized carbons (Fsp3) is 0.429. The molecular formula is C14H19FN2O3. The van der Waals surface area contributed by atoms with Crippen LogP contribution in [-0.4, -0.2) is 29.0 Å². The normalized spacial score (nSPS) is 13.2. The summed E-state index contributed by atoms with van der Waals surface area (Å²) in [4.78, 5) is 11.8. The minimum atomic E-state index is -0.788. The Hall–Kier alpha value is -2.11. The van der Waals surface area contributed by atoms with Crippen molar-refractivity contribution in [1.82, 2.24) is 5.32 Å². The first kappa shape index (κ1) is 15.9. The highest BCUT2D eigenvalue weighted by atomic mass is 19.1. The van der Waals surface area contributed by atoms with E-state index >= 15 is 0 Å². The molecule has 1 aromatic carbocycles. The second kappa shape index (κ2) is 6.88. The van der Waals surface area contributed by atoms with Gasteiger partial charge in [0.2, 0.25) is 0 Å². The molecule has 0 bridgehead atoms. The van der Waals surface area contributed by atoms with Crippen molar-refractivity contribution in [3.63, 3.8) is 0 Å².